The fourth-order valence-electron chi connectivity index (χ4n) is 4.09. The van der Waals surface area contributed by atoms with Crippen molar-refractivity contribution in [3.8, 4) is 0 Å². The van der Waals surface area contributed by atoms with Crippen LogP contribution in [-0.2, 0) is 29.0 Å². The van der Waals surface area contributed by atoms with Crippen molar-refractivity contribution in [1.29, 1.82) is 0 Å². The van der Waals surface area contributed by atoms with Gasteiger partial charge in [-0.3, -0.25) is 9.78 Å². The number of ether oxygens (including phenoxy) is 1. The number of halogens is 1. The molecule has 192 valence electrons. The topological polar surface area (TPSA) is 78.5 Å². The molecule has 2 aromatic heterocycles. The average molecular weight is 503 g/mol. The maximum Gasteiger partial charge on any atom is 0.439 e. The molecule has 4 aromatic rings. The van der Waals surface area contributed by atoms with Crippen LogP contribution in [0, 0.1) is 0 Å². The fourth-order valence-corrected chi connectivity index (χ4v) is 4.09. The van der Waals surface area contributed by atoms with Crippen molar-refractivity contribution in [3.05, 3.63) is 102 Å². The van der Waals surface area contributed by atoms with E-state index in [9.17, 15) is 9.59 Å². The van der Waals surface area contributed by atoms with E-state index in [1.807, 2.05) is 60.8 Å². The molecule has 2 amide bonds. The molecule has 8 heteroatoms. The molecule has 7 nitrogen and oxygen atoms in total. The van der Waals surface area contributed by atoms with Crippen LogP contribution in [0.5, 0.6) is 0 Å². The molecule has 37 heavy (non-hydrogen) atoms. The normalized spacial score (nSPS) is 12.2. The first-order valence-corrected chi connectivity index (χ1v) is 12.2. The van der Waals surface area contributed by atoms with Crippen molar-refractivity contribution in [3.63, 3.8) is 0 Å². The molecule has 4 rings (SSSR count). The van der Waals surface area contributed by atoms with E-state index in [0.717, 1.165) is 27.6 Å². The van der Waals surface area contributed by atoms with Gasteiger partial charge in [0.25, 0.3) is 0 Å². The number of H-pyrrole nitrogens is 1. The minimum Gasteiger partial charge on any atom is -0.442 e. The second-order valence-electron chi connectivity index (χ2n) is 9.95. The van der Waals surface area contributed by atoms with Crippen molar-refractivity contribution in [2.45, 2.75) is 51.9 Å². The van der Waals surface area contributed by atoms with Gasteiger partial charge in [0.15, 0.2) is 6.04 Å². The number of carbonyl (C=O) groups excluding carboxylic acids is 2. The molecule has 0 saturated carbocycles. The highest BCUT2D eigenvalue weighted by Gasteiger charge is 2.36. The Bertz CT molecular complexity index is 1340. The number of aromatic nitrogens is 2. The van der Waals surface area contributed by atoms with Crippen LogP contribution in [0.15, 0.2) is 85.3 Å². The van der Waals surface area contributed by atoms with Crippen LogP contribution < -0.4 is 0 Å². The monoisotopic (exact) mass is 502 g/mol. The first kappa shape index (κ1) is 25.9. The minimum atomic E-state index is -1.41. The van der Waals surface area contributed by atoms with E-state index in [2.05, 4.69) is 9.97 Å². The smallest absolute Gasteiger partial charge is 0.439 e. The first-order valence-electron chi connectivity index (χ1n) is 12.2. The fraction of sp³-hybridized carbons (Fsp3) is 0.276. The van der Waals surface area contributed by atoms with Crippen molar-refractivity contribution in [2.24, 2.45) is 0 Å². The summed E-state index contributed by atoms with van der Waals surface area (Å²) in [5.74, 6) is -0.525. The number of nitrogens with one attached hydrogen (secondary N) is 1. The van der Waals surface area contributed by atoms with E-state index in [1.54, 1.807) is 50.2 Å². The Morgan fingerprint density at radius 2 is 1.65 bits per heavy atom. The lowest BCUT2D eigenvalue weighted by Crippen LogP contribution is -2.49. The number of amides is 2. The molecule has 2 heterocycles. The highest BCUT2D eigenvalue weighted by atomic mass is 19.2. The van der Waals surface area contributed by atoms with Crippen LogP contribution in [0.25, 0.3) is 10.9 Å². The average Bonchev–Trinajstić information content (AvgIpc) is 3.34. The predicted octanol–water partition coefficient (Wildman–Crippen LogP) is 5.82. The van der Waals surface area contributed by atoms with Crippen LogP contribution in [0.4, 0.5) is 9.28 Å². The zero-order valence-electron chi connectivity index (χ0n) is 21.2. The summed E-state index contributed by atoms with van der Waals surface area (Å²) in [6, 6.07) is 19.1. The third-order valence-corrected chi connectivity index (χ3v) is 5.82. The summed E-state index contributed by atoms with van der Waals surface area (Å²) in [6.07, 6.45) is 3.95. The van der Waals surface area contributed by atoms with Crippen LogP contribution in [0.3, 0.4) is 0 Å². The molecule has 0 fully saturated rings. The van der Waals surface area contributed by atoms with E-state index in [0.29, 0.717) is 0 Å². The van der Waals surface area contributed by atoms with Crippen LogP contribution in [0.1, 0.15) is 37.5 Å². The summed E-state index contributed by atoms with van der Waals surface area (Å²) in [6.45, 7) is 5.41. The summed E-state index contributed by atoms with van der Waals surface area (Å²) in [5.41, 5.74) is 2.52. The Morgan fingerprint density at radius 1 is 0.946 bits per heavy atom. The van der Waals surface area contributed by atoms with Gasteiger partial charge >= 0.3 is 6.09 Å². The summed E-state index contributed by atoms with van der Waals surface area (Å²) in [4.78, 5) is 35.5. The van der Waals surface area contributed by atoms with E-state index in [1.165, 1.54) is 0 Å². The maximum absolute atomic E-state index is 15.6. The second-order valence-corrected chi connectivity index (χ2v) is 9.95. The maximum atomic E-state index is 15.6. The van der Waals surface area contributed by atoms with Gasteiger partial charge in [-0.25, -0.2) is 4.79 Å². The SMILES string of the molecule is CC(C)(C)OC(=O)N(F)C(Cc1ccccc1)C(=O)N(Cc1ccncc1)Cc1ccc2[nH]ccc2c1. The van der Waals surface area contributed by atoms with Crippen LogP contribution in [0.2, 0.25) is 0 Å². The number of rotatable bonds is 8. The molecule has 2 aromatic carbocycles. The van der Waals surface area contributed by atoms with Crippen molar-refractivity contribution in [1.82, 2.24) is 20.0 Å². The molecule has 0 aliphatic heterocycles. The van der Waals surface area contributed by atoms with Gasteiger partial charge in [0.1, 0.15) is 5.60 Å². The molecular weight excluding hydrogens is 471 g/mol. The number of nitrogens with zero attached hydrogens (tertiary/aromatic N) is 3. The summed E-state index contributed by atoms with van der Waals surface area (Å²) in [5, 5.41) is 0.936. The number of pyridine rings is 1. The van der Waals surface area contributed by atoms with Gasteiger partial charge in [0, 0.05) is 43.6 Å². The Morgan fingerprint density at radius 3 is 2.35 bits per heavy atom. The van der Waals surface area contributed by atoms with Gasteiger partial charge in [-0.05, 0) is 73.2 Å². The molecular formula is C29H31FN4O3. The highest BCUT2D eigenvalue weighted by Crippen LogP contribution is 2.22. The van der Waals surface area contributed by atoms with E-state index in [-0.39, 0.29) is 24.6 Å². The summed E-state index contributed by atoms with van der Waals surface area (Å²) in [7, 11) is 0. The van der Waals surface area contributed by atoms with Crippen molar-refractivity contribution >= 4 is 22.9 Å². The van der Waals surface area contributed by atoms with Gasteiger partial charge in [0.2, 0.25) is 5.91 Å². The Hall–Kier alpha value is -4.20. The molecule has 0 spiro atoms. The molecule has 1 unspecified atom stereocenters. The Kier molecular flexibility index (Phi) is 7.86. The molecule has 0 saturated heterocycles. The van der Waals surface area contributed by atoms with Crippen molar-refractivity contribution in [2.75, 3.05) is 0 Å². The third kappa shape index (κ3) is 6.94. The van der Waals surface area contributed by atoms with Crippen LogP contribution in [-0.4, -0.2) is 43.6 Å². The van der Waals surface area contributed by atoms with Crippen molar-refractivity contribution < 1.29 is 18.8 Å². The number of carbonyl (C=O) groups is 2. The van der Waals surface area contributed by atoms with E-state index < -0.39 is 23.6 Å². The Balaban J connectivity index is 1.67. The lowest BCUT2D eigenvalue weighted by Gasteiger charge is -2.31. The Labute approximate surface area is 215 Å². The number of benzene rings is 2. The van der Waals surface area contributed by atoms with E-state index in [4.69, 9.17) is 4.74 Å². The number of hydrogen-bond donors (Lipinski definition) is 1. The van der Waals surface area contributed by atoms with Gasteiger partial charge in [-0.1, -0.05) is 40.9 Å². The molecule has 0 radical (unpaired) electrons. The van der Waals surface area contributed by atoms with E-state index >= 15 is 4.48 Å². The molecule has 1 N–H and O–H groups in total. The third-order valence-electron chi connectivity index (χ3n) is 5.82. The lowest BCUT2D eigenvalue weighted by molar-refractivity contribution is -0.145. The number of hydrogen-bond acceptors (Lipinski definition) is 4. The largest absolute Gasteiger partial charge is 0.442 e. The molecule has 0 aliphatic carbocycles. The first-order chi connectivity index (χ1) is 17.7. The number of fused-ring (bicyclic) bond motifs is 1. The summed E-state index contributed by atoms with van der Waals surface area (Å²) >= 11 is 0. The quantitative estimate of drug-likeness (QED) is 0.308. The zero-order chi connectivity index (χ0) is 26.4. The van der Waals surface area contributed by atoms with Gasteiger partial charge in [-0.15, -0.1) is 5.12 Å². The lowest BCUT2D eigenvalue weighted by atomic mass is 10.0. The minimum absolute atomic E-state index is 0.000886. The molecule has 1 atom stereocenters. The van der Waals surface area contributed by atoms with Gasteiger partial charge < -0.3 is 14.6 Å². The number of aromatic amines is 1. The standard InChI is InChI=1S/C29H31FN4O3/c1-29(2,3)37-28(36)34(30)26(18-21-7-5-4-6-8-21)27(35)33(19-22-11-14-31-15-12-22)20-23-9-10-25-24(17-23)13-16-32-25/h4-17,26,32H,18-20H2,1-3H3. The van der Waals surface area contributed by atoms with Gasteiger partial charge in [-0.2, -0.15) is 0 Å². The second kappa shape index (κ2) is 11.2. The predicted molar refractivity (Wildman–Crippen MR) is 140 cm³/mol. The van der Waals surface area contributed by atoms with Crippen LogP contribution >= 0.6 is 0 Å². The highest BCUT2D eigenvalue weighted by molar-refractivity contribution is 5.86. The van der Waals surface area contributed by atoms with Gasteiger partial charge in [0.05, 0.1) is 0 Å². The summed E-state index contributed by atoms with van der Waals surface area (Å²) < 4.78 is 20.9. The molecule has 0 bridgehead atoms. The zero-order valence-corrected chi connectivity index (χ0v) is 21.2. The molecule has 0 aliphatic rings.